The first kappa shape index (κ1) is 25.2. The van der Waals surface area contributed by atoms with E-state index >= 15 is 0 Å². The molecule has 2 N–H and O–H groups in total. The standard InChI is InChI=1S/C21H36N6OS.HI/c1-4-26-11-5-7-18(26)15-22-21(23-16-19(28)25(2)3)24-17-9-12-27(13-10-17)20-8-6-14-29-20;/h6,8,14,17-18H,4-5,7,9-13,15-16H2,1-3H3,(H2,22,23,24);1H. The van der Waals surface area contributed by atoms with E-state index in [0.717, 1.165) is 45.0 Å². The highest BCUT2D eigenvalue weighted by molar-refractivity contribution is 14.0. The molecule has 1 unspecified atom stereocenters. The minimum absolute atomic E-state index is 0. The number of aliphatic imine (C=N–C) groups is 1. The topological polar surface area (TPSA) is 63.2 Å². The van der Waals surface area contributed by atoms with Crippen LogP contribution in [0, 0.1) is 0 Å². The van der Waals surface area contributed by atoms with Crippen LogP contribution < -0.4 is 15.5 Å². The number of carbonyl (C=O) groups is 1. The lowest BCUT2D eigenvalue weighted by atomic mass is 10.1. The van der Waals surface area contributed by atoms with Crippen LogP contribution in [0.25, 0.3) is 0 Å². The number of anilines is 1. The van der Waals surface area contributed by atoms with Gasteiger partial charge in [0, 0.05) is 45.8 Å². The van der Waals surface area contributed by atoms with Crippen LogP contribution in [0.5, 0.6) is 0 Å². The molecule has 3 rings (SSSR count). The molecular weight excluding hydrogens is 511 g/mol. The number of amides is 1. The predicted octanol–water partition coefficient (Wildman–Crippen LogP) is 2.44. The Morgan fingerprint density at radius 3 is 2.67 bits per heavy atom. The quantitative estimate of drug-likeness (QED) is 0.312. The van der Waals surface area contributed by atoms with E-state index in [9.17, 15) is 4.79 Å². The van der Waals surface area contributed by atoms with Crippen molar-refractivity contribution in [2.24, 2.45) is 4.99 Å². The smallest absolute Gasteiger partial charge is 0.243 e. The number of nitrogens with zero attached hydrogens (tertiary/aromatic N) is 4. The van der Waals surface area contributed by atoms with E-state index < -0.39 is 0 Å². The molecule has 3 heterocycles. The van der Waals surface area contributed by atoms with Crippen LogP contribution in [0.15, 0.2) is 22.5 Å². The Hall–Kier alpha value is -1.07. The molecule has 2 saturated heterocycles. The molecule has 1 amide bonds. The van der Waals surface area contributed by atoms with Gasteiger partial charge in [0.15, 0.2) is 5.96 Å². The van der Waals surface area contributed by atoms with Crippen molar-refractivity contribution >= 4 is 52.2 Å². The number of thiophene rings is 1. The summed E-state index contributed by atoms with van der Waals surface area (Å²) in [5.41, 5.74) is 0. The number of likely N-dealkylation sites (N-methyl/N-ethyl adjacent to an activating group) is 2. The molecular formula is C21H37IN6OS. The second kappa shape index (κ2) is 12.7. The molecule has 0 aliphatic carbocycles. The molecule has 2 fully saturated rings. The zero-order valence-corrected chi connectivity index (χ0v) is 21.6. The Kier molecular flexibility index (Phi) is 10.7. The lowest BCUT2D eigenvalue weighted by Crippen LogP contribution is -2.51. The molecule has 30 heavy (non-hydrogen) atoms. The van der Waals surface area contributed by atoms with Crippen LogP contribution >= 0.6 is 35.3 Å². The highest BCUT2D eigenvalue weighted by atomic mass is 127. The van der Waals surface area contributed by atoms with Crippen LogP contribution in [-0.4, -0.2) is 87.1 Å². The summed E-state index contributed by atoms with van der Waals surface area (Å²) in [6.07, 6.45) is 4.64. The minimum Gasteiger partial charge on any atom is -0.363 e. The number of hydrogen-bond acceptors (Lipinski definition) is 5. The van der Waals surface area contributed by atoms with Gasteiger partial charge in [-0.05, 0) is 56.3 Å². The van der Waals surface area contributed by atoms with Gasteiger partial charge in [0.1, 0.15) is 6.54 Å². The molecule has 0 spiro atoms. The fourth-order valence-electron chi connectivity index (χ4n) is 4.09. The Labute approximate surface area is 202 Å². The largest absolute Gasteiger partial charge is 0.363 e. The first-order valence-electron chi connectivity index (χ1n) is 10.8. The molecule has 0 bridgehead atoms. The zero-order valence-electron chi connectivity index (χ0n) is 18.5. The second-order valence-electron chi connectivity index (χ2n) is 8.12. The summed E-state index contributed by atoms with van der Waals surface area (Å²) in [6.45, 7) is 7.66. The second-order valence-corrected chi connectivity index (χ2v) is 9.04. The van der Waals surface area contributed by atoms with E-state index in [4.69, 9.17) is 0 Å². The number of piperidine rings is 1. The molecule has 0 saturated carbocycles. The normalized spacial score (nSPS) is 20.7. The van der Waals surface area contributed by atoms with Gasteiger partial charge in [-0.2, -0.15) is 0 Å². The van der Waals surface area contributed by atoms with Gasteiger partial charge in [0.2, 0.25) is 5.91 Å². The van der Waals surface area contributed by atoms with Gasteiger partial charge in [-0.3, -0.25) is 9.69 Å². The van der Waals surface area contributed by atoms with Gasteiger partial charge in [0.25, 0.3) is 0 Å². The lowest BCUT2D eigenvalue weighted by Gasteiger charge is -2.34. The minimum atomic E-state index is 0. The maximum atomic E-state index is 12.0. The first-order chi connectivity index (χ1) is 14.1. The third-order valence-electron chi connectivity index (χ3n) is 5.94. The van der Waals surface area contributed by atoms with E-state index in [-0.39, 0.29) is 36.4 Å². The van der Waals surface area contributed by atoms with Crippen molar-refractivity contribution in [3.63, 3.8) is 0 Å². The summed E-state index contributed by atoms with van der Waals surface area (Å²) in [6, 6.07) is 5.25. The Morgan fingerprint density at radius 2 is 2.03 bits per heavy atom. The highest BCUT2D eigenvalue weighted by Gasteiger charge is 2.24. The van der Waals surface area contributed by atoms with Gasteiger partial charge in [-0.1, -0.05) is 6.92 Å². The molecule has 7 nitrogen and oxygen atoms in total. The number of nitrogens with one attached hydrogen (secondary N) is 2. The fourth-order valence-corrected chi connectivity index (χ4v) is 4.87. The summed E-state index contributed by atoms with van der Waals surface area (Å²) in [7, 11) is 3.55. The zero-order chi connectivity index (χ0) is 20.6. The number of likely N-dealkylation sites (tertiary alicyclic amines) is 1. The molecule has 1 aromatic rings. The number of halogens is 1. The maximum Gasteiger partial charge on any atom is 0.243 e. The summed E-state index contributed by atoms with van der Waals surface area (Å²) >= 11 is 1.81. The molecule has 0 aromatic carbocycles. The summed E-state index contributed by atoms with van der Waals surface area (Å²) in [5, 5.41) is 10.6. The number of carbonyl (C=O) groups excluding carboxylic acids is 1. The van der Waals surface area contributed by atoms with Gasteiger partial charge < -0.3 is 20.4 Å². The summed E-state index contributed by atoms with van der Waals surface area (Å²) in [5.74, 6) is 0.799. The van der Waals surface area contributed by atoms with Crippen molar-refractivity contribution in [2.75, 3.05) is 58.3 Å². The Balaban J connectivity index is 0.00000320. The van der Waals surface area contributed by atoms with Crippen LogP contribution in [0.1, 0.15) is 32.6 Å². The molecule has 170 valence electrons. The van der Waals surface area contributed by atoms with Crippen molar-refractivity contribution in [1.29, 1.82) is 0 Å². The average molecular weight is 549 g/mol. The molecule has 1 aromatic heterocycles. The van der Waals surface area contributed by atoms with E-state index in [0.29, 0.717) is 12.1 Å². The van der Waals surface area contributed by atoms with Gasteiger partial charge >= 0.3 is 0 Å². The first-order valence-corrected chi connectivity index (χ1v) is 11.7. The van der Waals surface area contributed by atoms with Crippen molar-refractivity contribution in [1.82, 2.24) is 20.4 Å². The monoisotopic (exact) mass is 548 g/mol. The molecule has 0 radical (unpaired) electrons. The predicted molar refractivity (Wildman–Crippen MR) is 137 cm³/mol. The van der Waals surface area contributed by atoms with Crippen LogP contribution in [-0.2, 0) is 4.79 Å². The van der Waals surface area contributed by atoms with Gasteiger partial charge in [-0.15, -0.1) is 35.3 Å². The average Bonchev–Trinajstić information content (AvgIpc) is 3.41. The van der Waals surface area contributed by atoms with Crippen molar-refractivity contribution in [2.45, 2.75) is 44.7 Å². The van der Waals surface area contributed by atoms with Gasteiger partial charge in [-0.25, -0.2) is 4.99 Å². The van der Waals surface area contributed by atoms with Crippen molar-refractivity contribution in [3.05, 3.63) is 17.5 Å². The Morgan fingerprint density at radius 1 is 1.27 bits per heavy atom. The third kappa shape index (κ3) is 7.26. The summed E-state index contributed by atoms with van der Waals surface area (Å²) in [4.78, 5) is 23.2. The van der Waals surface area contributed by atoms with E-state index in [1.165, 1.54) is 24.4 Å². The van der Waals surface area contributed by atoms with Crippen molar-refractivity contribution in [3.8, 4) is 0 Å². The van der Waals surface area contributed by atoms with E-state index in [1.807, 2.05) is 0 Å². The third-order valence-corrected chi connectivity index (χ3v) is 6.86. The van der Waals surface area contributed by atoms with Gasteiger partial charge in [0.05, 0.1) is 5.00 Å². The maximum absolute atomic E-state index is 12.0. The number of guanidine groups is 1. The lowest BCUT2D eigenvalue weighted by molar-refractivity contribution is -0.127. The molecule has 2 aliphatic heterocycles. The van der Waals surface area contributed by atoms with Crippen molar-refractivity contribution < 1.29 is 4.79 Å². The van der Waals surface area contributed by atoms with Crippen LogP contribution in [0.3, 0.4) is 0 Å². The molecule has 9 heteroatoms. The van der Waals surface area contributed by atoms with Crippen LogP contribution in [0.4, 0.5) is 5.00 Å². The molecule has 1 atom stereocenters. The number of hydrogen-bond donors (Lipinski definition) is 2. The Bertz CT molecular complexity index is 660. The van der Waals surface area contributed by atoms with E-state index in [2.05, 4.69) is 49.9 Å². The number of rotatable bonds is 7. The van der Waals surface area contributed by atoms with E-state index in [1.54, 1.807) is 30.3 Å². The fraction of sp³-hybridized carbons (Fsp3) is 0.714. The summed E-state index contributed by atoms with van der Waals surface area (Å²) < 4.78 is 0. The SMILES string of the molecule is CCN1CCCC1CNC(=NCC(=O)N(C)C)NC1CCN(c2cccs2)CC1.I. The molecule has 2 aliphatic rings. The van der Waals surface area contributed by atoms with Crippen LogP contribution in [0.2, 0.25) is 0 Å². The highest BCUT2D eigenvalue weighted by Crippen LogP contribution is 2.24.